The molecule has 0 aromatic carbocycles. The van der Waals surface area contributed by atoms with Gasteiger partial charge in [-0.25, -0.2) is 12.7 Å². The van der Waals surface area contributed by atoms with Crippen LogP contribution in [0, 0.1) is 5.92 Å². The van der Waals surface area contributed by atoms with Gasteiger partial charge in [-0.2, -0.15) is 0 Å². The van der Waals surface area contributed by atoms with Gasteiger partial charge in [0.15, 0.2) is 0 Å². The van der Waals surface area contributed by atoms with E-state index in [-0.39, 0.29) is 31.0 Å². The van der Waals surface area contributed by atoms with Crippen molar-refractivity contribution in [2.45, 2.75) is 38.0 Å². The van der Waals surface area contributed by atoms with Crippen LogP contribution in [-0.4, -0.2) is 50.8 Å². The fraction of sp³-hybridized carbons (Fsp3) is 1.00. The van der Waals surface area contributed by atoms with E-state index >= 15 is 0 Å². The van der Waals surface area contributed by atoms with E-state index in [1.807, 2.05) is 6.92 Å². The molecule has 3 unspecified atom stereocenters. The molecular weight excluding hydrogens is 276 g/mol. The third-order valence-corrected chi connectivity index (χ3v) is 5.64. The van der Waals surface area contributed by atoms with Crippen molar-refractivity contribution in [2.75, 3.05) is 26.8 Å². The number of nitrogens with zero attached hydrogens (tertiary/aromatic N) is 1. The normalized spacial score (nSPS) is 25.2. The topological polar surface area (TPSA) is 72.6 Å². The molecule has 18 heavy (non-hydrogen) atoms. The minimum Gasteiger partial charge on any atom is -0.383 e. The van der Waals surface area contributed by atoms with Crippen LogP contribution in [0.1, 0.15) is 26.7 Å². The minimum absolute atomic E-state index is 0. The number of hydrogen-bond acceptors (Lipinski definition) is 4. The van der Waals surface area contributed by atoms with Crippen LogP contribution >= 0.6 is 12.4 Å². The first-order valence-corrected chi connectivity index (χ1v) is 7.63. The van der Waals surface area contributed by atoms with Crippen molar-refractivity contribution in [2.24, 2.45) is 11.7 Å². The molecule has 7 heteroatoms. The van der Waals surface area contributed by atoms with E-state index in [4.69, 9.17) is 10.5 Å². The summed E-state index contributed by atoms with van der Waals surface area (Å²) in [5.41, 5.74) is 5.86. The van der Waals surface area contributed by atoms with Crippen LogP contribution in [0.5, 0.6) is 0 Å². The maximum Gasteiger partial charge on any atom is 0.218 e. The number of sulfonamides is 1. The van der Waals surface area contributed by atoms with Gasteiger partial charge in [0.2, 0.25) is 10.0 Å². The lowest BCUT2D eigenvalue weighted by atomic mass is 9.93. The molecule has 110 valence electrons. The maximum absolute atomic E-state index is 12.2. The van der Waals surface area contributed by atoms with Crippen molar-refractivity contribution < 1.29 is 13.2 Å². The van der Waals surface area contributed by atoms with Crippen LogP contribution in [0.25, 0.3) is 0 Å². The van der Waals surface area contributed by atoms with Gasteiger partial charge in [0.05, 0.1) is 11.9 Å². The largest absolute Gasteiger partial charge is 0.383 e. The second-order valence-corrected chi connectivity index (χ2v) is 7.28. The molecule has 1 aliphatic heterocycles. The van der Waals surface area contributed by atoms with E-state index in [1.165, 1.54) is 7.11 Å². The molecule has 5 nitrogen and oxygen atoms in total. The first-order chi connectivity index (χ1) is 7.89. The summed E-state index contributed by atoms with van der Waals surface area (Å²) < 4.78 is 31.0. The van der Waals surface area contributed by atoms with E-state index in [1.54, 1.807) is 11.2 Å². The molecule has 0 aliphatic carbocycles. The molecule has 0 aromatic heterocycles. The highest BCUT2D eigenvalue weighted by molar-refractivity contribution is 7.89. The number of hydrogen-bond donors (Lipinski definition) is 1. The predicted octanol–water partition coefficient (Wildman–Crippen LogP) is 0.832. The smallest absolute Gasteiger partial charge is 0.218 e. The molecule has 3 atom stereocenters. The Morgan fingerprint density at radius 1 is 1.44 bits per heavy atom. The summed E-state index contributed by atoms with van der Waals surface area (Å²) in [6.45, 7) is 5.03. The van der Waals surface area contributed by atoms with Crippen LogP contribution in [0.2, 0.25) is 0 Å². The fourth-order valence-electron chi connectivity index (χ4n) is 2.21. The third kappa shape index (κ3) is 4.35. The number of piperidine rings is 1. The zero-order valence-corrected chi connectivity index (χ0v) is 13.0. The predicted molar refractivity (Wildman–Crippen MR) is 75.5 cm³/mol. The average Bonchev–Trinajstić information content (AvgIpc) is 2.29. The summed E-state index contributed by atoms with van der Waals surface area (Å²) in [7, 11) is -1.72. The number of ether oxygens (including phenoxy) is 1. The third-order valence-electron chi connectivity index (χ3n) is 3.43. The van der Waals surface area contributed by atoms with Gasteiger partial charge in [-0.05, 0) is 32.6 Å². The zero-order valence-electron chi connectivity index (χ0n) is 11.3. The number of methoxy groups -OCH3 is 1. The number of nitrogens with two attached hydrogens (primary N) is 1. The van der Waals surface area contributed by atoms with Crippen molar-refractivity contribution in [1.82, 2.24) is 4.31 Å². The van der Waals surface area contributed by atoms with Crippen molar-refractivity contribution in [1.29, 1.82) is 0 Å². The quantitative estimate of drug-likeness (QED) is 0.816. The highest BCUT2D eigenvalue weighted by atomic mass is 35.5. The molecular formula is C11H25ClN2O3S. The van der Waals surface area contributed by atoms with Crippen LogP contribution in [-0.2, 0) is 14.8 Å². The SMILES string of the molecule is COCC(C)S(=O)(=O)N1CCCC(C(C)N)C1.Cl. The summed E-state index contributed by atoms with van der Waals surface area (Å²) in [6.07, 6.45) is 1.91. The Morgan fingerprint density at radius 2 is 2.06 bits per heavy atom. The Bertz CT molecular complexity index is 335. The molecule has 0 aromatic rings. The van der Waals surface area contributed by atoms with Gasteiger partial charge >= 0.3 is 0 Å². The molecule has 0 spiro atoms. The molecule has 0 bridgehead atoms. The second-order valence-electron chi connectivity index (χ2n) is 4.93. The van der Waals surface area contributed by atoms with Gasteiger partial charge in [-0.15, -0.1) is 12.4 Å². The van der Waals surface area contributed by atoms with Gasteiger partial charge in [-0.3, -0.25) is 0 Å². The van der Waals surface area contributed by atoms with Gasteiger partial charge in [0.25, 0.3) is 0 Å². The molecule has 0 radical (unpaired) electrons. The Hall–Kier alpha value is 0.120. The average molecular weight is 301 g/mol. The Balaban J connectivity index is 0.00000289. The summed E-state index contributed by atoms with van der Waals surface area (Å²) in [5.74, 6) is 0.272. The molecule has 1 saturated heterocycles. The molecule has 1 heterocycles. The summed E-state index contributed by atoms with van der Waals surface area (Å²) in [4.78, 5) is 0. The molecule has 0 amide bonds. The molecule has 1 fully saturated rings. The van der Waals surface area contributed by atoms with Gasteiger partial charge < -0.3 is 10.5 Å². The summed E-state index contributed by atoms with van der Waals surface area (Å²) >= 11 is 0. The van der Waals surface area contributed by atoms with Crippen LogP contribution in [0.4, 0.5) is 0 Å². The molecule has 0 saturated carbocycles. The monoisotopic (exact) mass is 300 g/mol. The standard InChI is InChI=1S/C11H24N2O3S.ClH/c1-9(8-16-3)17(14,15)13-6-4-5-11(7-13)10(2)12;/h9-11H,4-8,12H2,1-3H3;1H. The Labute approximate surface area is 117 Å². The van der Waals surface area contributed by atoms with Crippen molar-refractivity contribution in [3.63, 3.8) is 0 Å². The molecule has 2 N–H and O–H groups in total. The van der Waals surface area contributed by atoms with E-state index in [2.05, 4.69) is 0 Å². The summed E-state index contributed by atoms with van der Waals surface area (Å²) in [5, 5.41) is -0.487. The Morgan fingerprint density at radius 3 is 2.56 bits per heavy atom. The van der Waals surface area contributed by atoms with Crippen molar-refractivity contribution >= 4 is 22.4 Å². The second kappa shape index (κ2) is 7.65. The van der Waals surface area contributed by atoms with E-state index in [0.29, 0.717) is 13.1 Å². The Kier molecular flexibility index (Phi) is 7.70. The van der Waals surface area contributed by atoms with Gasteiger partial charge in [0, 0.05) is 26.2 Å². The van der Waals surface area contributed by atoms with E-state index in [0.717, 1.165) is 12.8 Å². The summed E-state index contributed by atoms with van der Waals surface area (Å²) in [6, 6.07) is 0.0470. The molecule has 1 aliphatic rings. The van der Waals surface area contributed by atoms with Crippen molar-refractivity contribution in [3.05, 3.63) is 0 Å². The number of halogens is 1. The lowest BCUT2D eigenvalue weighted by molar-refractivity contribution is 0.193. The van der Waals surface area contributed by atoms with E-state index < -0.39 is 15.3 Å². The van der Waals surface area contributed by atoms with Crippen molar-refractivity contribution in [3.8, 4) is 0 Å². The van der Waals surface area contributed by atoms with Crippen LogP contribution < -0.4 is 5.73 Å². The first kappa shape index (κ1) is 18.1. The lowest BCUT2D eigenvalue weighted by Gasteiger charge is -2.35. The maximum atomic E-state index is 12.2. The van der Waals surface area contributed by atoms with Gasteiger partial charge in [0.1, 0.15) is 0 Å². The zero-order chi connectivity index (χ0) is 13.1. The fourth-order valence-corrected chi connectivity index (χ4v) is 3.81. The van der Waals surface area contributed by atoms with Crippen LogP contribution in [0.15, 0.2) is 0 Å². The first-order valence-electron chi connectivity index (χ1n) is 6.13. The van der Waals surface area contributed by atoms with Gasteiger partial charge in [-0.1, -0.05) is 0 Å². The highest BCUT2D eigenvalue weighted by Gasteiger charge is 2.33. The lowest BCUT2D eigenvalue weighted by Crippen LogP contribution is -2.48. The minimum atomic E-state index is -3.24. The van der Waals surface area contributed by atoms with Crippen LogP contribution in [0.3, 0.4) is 0 Å². The molecule has 1 rings (SSSR count). The van der Waals surface area contributed by atoms with E-state index in [9.17, 15) is 8.42 Å². The highest BCUT2D eigenvalue weighted by Crippen LogP contribution is 2.23. The number of rotatable bonds is 5.